The van der Waals surface area contributed by atoms with Gasteiger partial charge in [0.05, 0.1) is 12.6 Å². The summed E-state index contributed by atoms with van der Waals surface area (Å²) in [4.78, 5) is 11.8. The highest BCUT2D eigenvalue weighted by atomic mass is 16.5. The monoisotopic (exact) mass is 262 g/mol. The number of carbonyl (C=O) groups excluding carboxylic acids is 1. The van der Waals surface area contributed by atoms with Crippen molar-refractivity contribution in [2.24, 2.45) is 0 Å². The van der Waals surface area contributed by atoms with Crippen molar-refractivity contribution in [3.05, 3.63) is 35.4 Å². The highest BCUT2D eigenvalue weighted by molar-refractivity contribution is 5.74. The van der Waals surface area contributed by atoms with Gasteiger partial charge in [-0.2, -0.15) is 0 Å². The number of hydrogen-bond donors (Lipinski definition) is 2. The summed E-state index contributed by atoms with van der Waals surface area (Å²) in [7, 11) is 0. The Morgan fingerprint density at radius 2 is 2.16 bits per heavy atom. The Balaban J connectivity index is 1.79. The third-order valence-corrected chi connectivity index (χ3v) is 3.43. The molecular weight excluding hydrogens is 240 g/mol. The third kappa shape index (κ3) is 4.24. The fraction of sp³-hybridized carbons (Fsp3) is 0.533. The molecule has 0 saturated carbocycles. The highest BCUT2D eigenvalue weighted by Crippen LogP contribution is 2.09. The van der Waals surface area contributed by atoms with Gasteiger partial charge in [0, 0.05) is 13.2 Å². The minimum atomic E-state index is -0.110. The molecule has 2 amide bonds. The molecule has 0 aromatic heterocycles. The van der Waals surface area contributed by atoms with E-state index in [0.29, 0.717) is 13.2 Å². The Bertz CT molecular complexity index is 414. The number of benzene rings is 1. The second-order valence-electron chi connectivity index (χ2n) is 4.86. The van der Waals surface area contributed by atoms with Gasteiger partial charge in [-0.25, -0.2) is 4.79 Å². The van der Waals surface area contributed by atoms with Crippen molar-refractivity contribution in [2.75, 3.05) is 13.2 Å². The van der Waals surface area contributed by atoms with Crippen molar-refractivity contribution in [3.63, 3.8) is 0 Å². The summed E-state index contributed by atoms with van der Waals surface area (Å²) in [5.74, 6) is 0. The normalized spacial score (nSPS) is 18.9. The quantitative estimate of drug-likeness (QED) is 0.874. The van der Waals surface area contributed by atoms with Gasteiger partial charge >= 0.3 is 6.03 Å². The van der Waals surface area contributed by atoms with Crippen molar-refractivity contribution in [2.45, 2.75) is 38.8 Å². The minimum Gasteiger partial charge on any atom is -0.379 e. The zero-order chi connectivity index (χ0) is 13.5. The molecule has 1 aliphatic rings. The molecule has 1 aromatic rings. The van der Waals surface area contributed by atoms with Gasteiger partial charge in [0.1, 0.15) is 0 Å². The topological polar surface area (TPSA) is 50.4 Å². The molecule has 2 N–H and O–H groups in total. The standard InChI is InChI=1S/C15H22N2O2/c1-2-12-6-3-4-7-13(12)10-16-15(18)17-14-8-5-9-19-11-14/h3-4,6-7,14H,2,5,8-11H2,1H3,(H2,16,17,18)/t14-/m1/s1. The predicted molar refractivity (Wildman–Crippen MR) is 75.0 cm³/mol. The van der Waals surface area contributed by atoms with Crippen molar-refractivity contribution in [3.8, 4) is 0 Å². The van der Waals surface area contributed by atoms with Crippen molar-refractivity contribution >= 4 is 6.03 Å². The molecule has 19 heavy (non-hydrogen) atoms. The second-order valence-corrected chi connectivity index (χ2v) is 4.86. The van der Waals surface area contributed by atoms with E-state index in [0.717, 1.165) is 25.9 Å². The molecule has 0 spiro atoms. The maximum absolute atomic E-state index is 11.8. The van der Waals surface area contributed by atoms with Gasteiger partial charge in [-0.3, -0.25) is 0 Å². The van der Waals surface area contributed by atoms with Gasteiger partial charge in [0.25, 0.3) is 0 Å². The van der Waals surface area contributed by atoms with Crippen LogP contribution in [0.4, 0.5) is 4.79 Å². The Morgan fingerprint density at radius 3 is 2.84 bits per heavy atom. The number of hydrogen-bond acceptors (Lipinski definition) is 2. The van der Waals surface area contributed by atoms with E-state index in [1.807, 2.05) is 12.1 Å². The van der Waals surface area contributed by atoms with Crippen LogP contribution in [0.15, 0.2) is 24.3 Å². The molecule has 1 aromatic carbocycles. The van der Waals surface area contributed by atoms with E-state index in [9.17, 15) is 4.79 Å². The zero-order valence-electron chi connectivity index (χ0n) is 11.4. The number of carbonyl (C=O) groups is 1. The first-order chi connectivity index (χ1) is 9.29. The fourth-order valence-electron chi connectivity index (χ4n) is 2.34. The summed E-state index contributed by atoms with van der Waals surface area (Å²) in [6, 6.07) is 8.23. The molecule has 0 radical (unpaired) electrons. The van der Waals surface area contributed by atoms with E-state index >= 15 is 0 Å². The summed E-state index contributed by atoms with van der Waals surface area (Å²) >= 11 is 0. The fourth-order valence-corrected chi connectivity index (χ4v) is 2.34. The number of urea groups is 1. The molecule has 1 aliphatic heterocycles. The van der Waals surface area contributed by atoms with E-state index in [1.54, 1.807) is 0 Å². The van der Waals surface area contributed by atoms with E-state index < -0.39 is 0 Å². The smallest absolute Gasteiger partial charge is 0.315 e. The molecule has 1 saturated heterocycles. The summed E-state index contributed by atoms with van der Waals surface area (Å²) < 4.78 is 5.34. The van der Waals surface area contributed by atoms with Crippen LogP contribution in [0.1, 0.15) is 30.9 Å². The molecule has 2 rings (SSSR count). The Hall–Kier alpha value is -1.55. The van der Waals surface area contributed by atoms with Crippen LogP contribution in [0, 0.1) is 0 Å². The van der Waals surface area contributed by atoms with Crippen LogP contribution < -0.4 is 10.6 Å². The third-order valence-electron chi connectivity index (χ3n) is 3.43. The van der Waals surface area contributed by atoms with E-state index in [2.05, 4.69) is 29.7 Å². The molecule has 0 unspecified atom stereocenters. The first-order valence-electron chi connectivity index (χ1n) is 6.98. The SMILES string of the molecule is CCc1ccccc1CNC(=O)N[C@@H]1CCCOC1. The van der Waals surface area contributed by atoms with Crippen LogP contribution in [0.3, 0.4) is 0 Å². The molecule has 104 valence electrons. The average Bonchev–Trinajstić information content (AvgIpc) is 2.46. The number of aryl methyl sites for hydroxylation is 1. The van der Waals surface area contributed by atoms with Gasteiger partial charge in [-0.05, 0) is 30.4 Å². The number of amides is 2. The van der Waals surface area contributed by atoms with Crippen LogP contribution in [0.2, 0.25) is 0 Å². The molecule has 1 heterocycles. The molecule has 0 aliphatic carbocycles. The molecule has 4 heteroatoms. The molecule has 4 nitrogen and oxygen atoms in total. The lowest BCUT2D eigenvalue weighted by molar-refractivity contribution is 0.0732. The first-order valence-corrected chi connectivity index (χ1v) is 6.98. The Labute approximate surface area is 114 Å². The minimum absolute atomic E-state index is 0.110. The van der Waals surface area contributed by atoms with Crippen molar-refractivity contribution in [1.82, 2.24) is 10.6 Å². The lowest BCUT2D eigenvalue weighted by Crippen LogP contribution is -2.45. The summed E-state index contributed by atoms with van der Waals surface area (Å²) in [6.07, 6.45) is 3.00. The number of ether oxygens (including phenoxy) is 1. The van der Waals surface area contributed by atoms with Crippen molar-refractivity contribution < 1.29 is 9.53 Å². The zero-order valence-corrected chi connectivity index (χ0v) is 11.4. The largest absolute Gasteiger partial charge is 0.379 e. The number of nitrogens with one attached hydrogen (secondary N) is 2. The molecule has 0 bridgehead atoms. The van der Waals surface area contributed by atoms with E-state index in [4.69, 9.17) is 4.74 Å². The van der Waals surface area contributed by atoms with Crippen LogP contribution in [0.25, 0.3) is 0 Å². The molecule has 1 atom stereocenters. The average molecular weight is 262 g/mol. The van der Waals surface area contributed by atoms with Gasteiger partial charge in [-0.1, -0.05) is 31.2 Å². The Kier molecular flexibility index (Phi) is 5.21. The van der Waals surface area contributed by atoms with Gasteiger partial charge in [0.15, 0.2) is 0 Å². The lowest BCUT2D eigenvalue weighted by atomic mass is 10.1. The van der Waals surface area contributed by atoms with Crippen LogP contribution in [-0.2, 0) is 17.7 Å². The summed E-state index contributed by atoms with van der Waals surface area (Å²) in [6.45, 7) is 4.13. The van der Waals surface area contributed by atoms with Gasteiger partial charge < -0.3 is 15.4 Å². The van der Waals surface area contributed by atoms with Crippen LogP contribution >= 0.6 is 0 Å². The number of rotatable bonds is 4. The first kappa shape index (κ1) is 13.9. The van der Waals surface area contributed by atoms with E-state index in [-0.39, 0.29) is 12.1 Å². The van der Waals surface area contributed by atoms with E-state index in [1.165, 1.54) is 11.1 Å². The maximum Gasteiger partial charge on any atom is 0.315 e. The summed E-state index contributed by atoms with van der Waals surface area (Å²) in [5.41, 5.74) is 2.46. The Morgan fingerprint density at radius 1 is 1.37 bits per heavy atom. The van der Waals surface area contributed by atoms with Crippen LogP contribution in [-0.4, -0.2) is 25.3 Å². The molecular formula is C15H22N2O2. The predicted octanol–water partition coefficient (Wildman–Crippen LogP) is 2.23. The summed E-state index contributed by atoms with van der Waals surface area (Å²) in [5, 5.41) is 5.87. The lowest BCUT2D eigenvalue weighted by Gasteiger charge is -2.23. The van der Waals surface area contributed by atoms with Crippen molar-refractivity contribution in [1.29, 1.82) is 0 Å². The van der Waals surface area contributed by atoms with Crippen LogP contribution in [0.5, 0.6) is 0 Å². The maximum atomic E-state index is 11.8. The molecule has 1 fully saturated rings. The van der Waals surface area contributed by atoms with Gasteiger partial charge in [0.2, 0.25) is 0 Å². The highest BCUT2D eigenvalue weighted by Gasteiger charge is 2.15. The van der Waals surface area contributed by atoms with Gasteiger partial charge in [-0.15, -0.1) is 0 Å². The second kappa shape index (κ2) is 7.14.